The Morgan fingerprint density at radius 1 is 1.40 bits per heavy atom. The molecule has 0 radical (unpaired) electrons. The summed E-state index contributed by atoms with van der Waals surface area (Å²) >= 11 is 4.78. The largest absolute Gasteiger partial charge is 0.487 e. The number of aliphatic hydroxyl groups is 1. The van der Waals surface area contributed by atoms with Crippen molar-refractivity contribution in [2.45, 2.75) is 45.1 Å². The highest BCUT2D eigenvalue weighted by molar-refractivity contribution is 7.80. The van der Waals surface area contributed by atoms with Crippen LogP contribution in [0.15, 0.2) is 0 Å². The van der Waals surface area contributed by atoms with Crippen LogP contribution in [0, 0.1) is 0 Å². The van der Waals surface area contributed by atoms with Crippen LogP contribution in [0.5, 0.6) is 0 Å². The molecule has 88 valence electrons. The molecule has 0 amide bonds. The summed E-state index contributed by atoms with van der Waals surface area (Å²) in [5, 5.41) is 17.5. The van der Waals surface area contributed by atoms with E-state index in [4.69, 9.17) is 27.2 Å². The van der Waals surface area contributed by atoms with Crippen LogP contribution in [0.3, 0.4) is 0 Å². The maximum Gasteiger partial charge on any atom is 0.333 e. The molecule has 0 aromatic rings. The number of carboxylic acids is 1. The first-order valence-corrected chi connectivity index (χ1v) is 5.55. The highest BCUT2D eigenvalue weighted by atomic mass is 32.1. The van der Waals surface area contributed by atoms with Gasteiger partial charge in [0.05, 0.1) is 13.0 Å². The Bertz CT molecular complexity index is 206. The summed E-state index contributed by atoms with van der Waals surface area (Å²) in [6.45, 7) is 2.62. The molecule has 0 bridgehead atoms. The van der Waals surface area contributed by atoms with Crippen molar-refractivity contribution >= 4 is 23.2 Å². The molecule has 0 aliphatic rings. The molecule has 0 aromatic carbocycles. The van der Waals surface area contributed by atoms with E-state index in [1.807, 2.05) is 0 Å². The lowest BCUT2D eigenvalue weighted by Crippen LogP contribution is -2.23. The predicted octanol–water partition coefficient (Wildman–Crippen LogP) is 1.75. The second-order valence-electron chi connectivity index (χ2n) is 3.34. The molecule has 2 N–H and O–H groups in total. The monoisotopic (exact) mass is 234 g/mol. The summed E-state index contributed by atoms with van der Waals surface area (Å²) in [4.78, 5) is 10.3. The van der Waals surface area contributed by atoms with Crippen molar-refractivity contribution in [3.8, 4) is 0 Å². The zero-order valence-corrected chi connectivity index (χ0v) is 9.76. The van der Waals surface area contributed by atoms with E-state index in [0.717, 1.165) is 25.7 Å². The average Bonchev–Trinajstić information content (AvgIpc) is 2.17. The van der Waals surface area contributed by atoms with Crippen LogP contribution in [0.25, 0.3) is 0 Å². The van der Waals surface area contributed by atoms with Crippen molar-refractivity contribution < 1.29 is 19.7 Å². The first kappa shape index (κ1) is 14.3. The van der Waals surface area contributed by atoms with Gasteiger partial charge >= 0.3 is 5.97 Å². The molecule has 4 nitrogen and oxygen atoms in total. The molecular formula is C10H18O4S. The van der Waals surface area contributed by atoms with Crippen LogP contribution in [-0.2, 0) is 9.53 Å². The van der Waals surface area contributed by atoms with Gasteiger partial charge in [-0.3, -0.25) is 0 Å². The fraction of sp³-hybridized carbons (Fsp3) is 0.800. The smallest absolute Gasteiger partial charge is 0.333 e. The number of aliphatic hydroxyl groups excluding tert-OH is 1. The molecule has 5 heteroatoms. The van der Waals surface area contributed by atoms with Gasteiger partial charge in [0.2, 0.25) is 0 Å². The van der Waals surface area contributed by atoms with Gasteiger partial charge in [0, 0.05) is 0 Å². The van der Waals surface area contributed by atoms with Crippen molar-refractivity contribution in [1.82, 2.24) is 0 Å². The third kappa shape index (κ3) is 8.32. The second-order valence-corrected chi connectivity index (χ2v) is 3.79. The minimum absolute atomic E-state index is 0.113. The lowest BCUT2D eigenvalue weighted by molar-refractivity contribution is -0.146. The lowest BCUT2D eigenvalue weighted by Gasteiger charge is -2.08. The van der Waals surface area contributed by atoms with Crippen LogP contribution in [-0.4, -0.2) is 33.9 Å². The molecule has 0 saturated carbocycles. The lowest BCUT2D eigenvalue weighted by atomic mass is 10.2. The predicted molar refractivity (Wildman–Crippen MR) is 61.0 cm³/mol. The number of rotatable bonds is 8. The minimum atomic E-state index is -1.45. The van der Waals surface area contributed by atoms with Gasteiger partial charge in [0.25, 0.3) is 0 Å². The quantitative estimate of drug-likeness (QED) is 0.494. The summed E-state index contributed by atoms with van der Waals surface area (Å²) < 4.78 is 5.12. The summed E-state index contributed by atoms with van der Waals surface area (Å²) in [6, 6.07) is 0. The van der Waals surface area contributed by atoms with Gasteiger partial charge in [-0.2, -0.15) is 0 Å². The number of carbonyl (C=O) groups is 1. The molecule has 15 heavy (non-hydrogen) atoms. The third-order valence-corrected chi connectivity index (χ3v) is 2.19. The van der Waals surface area contributed by atoms with Crippen molar-refractivity contribution in [3.05, 3.63) is 0 Å². The molecule has 0 fully saturated rings. The van der Waals surface area contributed by atoms with Crippen LogP contribution >= 0.6 is 12.2 Å². The van der Waals surface area contributed by atoms with Crippen LogP contribution < -0.4 is 0 Å². The van der Waals surface area contributed by atoms with Gasteiger partial charge in [-0.1, -0.05) is 26.2 Å². The second kappa shape index (κ2) is 8.61. The van der Waals surface area contributed by atoms with E-state index >= 15 is 0 Å². The number of thiocarbonyl (C=S) groups is 1. The van der Waals surface area contributed by atoms with E-state index in [2.05, 4.69) is 6.92 Å². The van der Waals surface area contributed by atoms with Gasteiger partial charge in [0.1, 0.15) is 0 Å². The van der Waals surface area contributed by atoms with Crippen LogP contribution in [0.2, 0.25) is 0 Å². The summed E-state index contributed by atoms with van der Waals surface area (Å²) in [5.41, 5.74) is 0. The van der Waals surface area contributed by atoms with E-state index < -0.39 is 12.1 Å². The first-order valence-electron chi connectivity index (χ1n) is 5.14. The molecular weight excluding hydrogens is 216 g/mol. The Balaban J connectivity index is 3.45. The number of unbranched alkanes of at least 4 members (excludes halogenated alkanes) is 3. The van der Waals surface area contributed by atoms with Gasteiger partial charge < -0.3 is 14.9 Å². The first-order chi connectivity index (χ1) is 7.07. The van der Waals surface area contributed by atoms with E-state index in [1.54, 1.807) is 0 Å². The molecule has 0 spiro atoms. The molecule has 0 aliphatic heterocycles. The van der Waals surface area contributed by atoms with E-state index in [1.165, 1.54) is 0 Å². The highest BCUT2D eigenvalue weighted by Gasteiger charge is 2.15. The van der Waals surface area contributed by atoms with Crippen LogP contribution in [0.1, 0.15) is 39.0 Å². The molecule has 1 unspecified atom stereocenters. The zero-order valence-electron chi connectivity index (χ0n) is 8.94. The van der Waals surface area contributed by atoms with Crippen molar-refractivity contribution in [2.24, 2.45) is 0 Å². The Morgan fingerprint density at radius 3 is 2.60 bits per heavy atom. The van der Waals surface area contributed by atoms with E-state index in [-0.39, 0.29) is 11.5 Å². The fourth-order valence-corrected chi connectivity index (χ4v) is 1.26. The molecule has 0 aromatic heterocycles. The third-order valence-electron chi connectivity index (χ3n) is 1.91. The van der Waals surface area contributed by atoms with Gasteiger partial charge in [-0.15, -0.1) is 0 Å². The molecule has 0 saturated heterocycles. The Morgan fingerprint density at radius 2 is 2.07 bits per heavy atom. The van der Waals surface area contributed by atoms with Crippen LogP contribution in [0.4, 0.5) is 0 Å². The topological polar surface area (TPSA) is 66.8 Å². The van der Waals surface area contributed by atoms with Gasteiger partial charge in [-0.05, 0) is 18.6 Å². The number of aliphatic carboxylic acids is 1. The fourth-order valence-electron chi connectivity index (χ4n) is 1.02. The Kier molecular flexibility index (Phi) is 8.22. The number of hydrogen-bond donors (Lipinski definition) is 2. The normalized spacial score (nSPS) is 12.1. The van der Waals surface area contributed by atoms with Crippen molar-refractivity contribution in [1.29, 1.82) is 0 Å². The summed E-state index contributed by atoms with van der Waals surface area (Å²) in [6.07, 6.45) is 2.75. The molecule has 0 heterocycles. The standard InChI is InChI=1S/C10H18O4S/c1-2-3-4-5-6-14-9(15)7-8(11)10(12)13/h8,11H,2-7H2,1H3,(H,12,13). The van der Waals surface area contributed by atoms with E-state index in [9.17, 15) is 4.79 Å². The summed E-state index contributed by atoms with van der Waals surface area (Å²) in [5.74, 6) is -1.27. The van der Waals surface area contributed by atoms with Crippen molar-refractivity contribution in [2.75, 3.05) is 6.61 Å². The summed E-state index contributed by atoms with van der Waals surface area (Å²) in [7, 11) is 0. The Hall–Kier alpha value is -0.680. The molecule has 0 aliphatic carbocycles. The maximum atomic E-state index is 10.3. The number of carboxylic acid groups (broad SMARTS) is 1. The maximum absolute atomic E-state index is 10.3. The van der Waals surface area contributed by atoms with Gasteiger partial charge in [-0.25, -0.2) is 4.79 Å². The van der Waals surface area contributed by atoms with Crippen molar-refractivity contribution in [3.63, 3.8) is 0 Å². The zero-order chi connectivity index (χ0) is 11.7. The molecule has 0 rings (SSSR count). The Labute approximate surface area is 95.2 Å². The molecule has 1 atom stereocenters. The minimum Gasteiger partial charge on any atom is -0.487 e. The number of ether oxygens (including phenoxy) is 1. The highest BCUT2D eigenvalue weighted by Crippen LogP contribution is 2.02. The average molecular weight is 234 g/mol. The number of hydrogen-bond acceptors (Lipinski definition) is 4. The SMILES string of the molecule is CCCCCCOC(=S)CC(O)C(=O)O. The van der Waals surface area contributed by atoms with E-state index in [0.29, 0.717) is 6.61 Å². The van der Waals surface area contributed by atoms with Gasteiger partial charge in [0.15, 0.2) is 11.2 Å².